The number of carbonyl (C=O) groups excluding carboxylic acids is 2. The molecule has 25 heavy (non-hydrogen) atoms. The fraction of sp³-hybridized carbons (Fsp3) is 0.263. The van der Waals surface area contributed by atoms with Gasteiger partial charge in [0.15, 0.2) is 0 Å². The average Bonchev–Trinajstić information content (AvgIpc) is 3.09. The standard InChI is InChI=1S/C19H22N4O2/c1-12-16(21-13(2)24)9-6-10-17(12)22-19(25)15-11-20-23-18(15)14-7-4-3-5-8-14/h3-10,15,18,20,23H,11H2,1-2H3,(H,21,24)(H,22,25). The Kier molecular flexibility index (Phi) is 5.11. The van der Waals surface area contributed by atoms with Crippen molar-refractivity contribution in [1.82, 2.24) is 10.9 Å². The van der Waals surface area contributed by atoms with Crippen molar-refractivity contribution < 1.29 is 9.59 Å². The van der Waals surface area contributed by atoms with E-state index in [9.17, 15) is 9.59 Å². The van der Waals surface area contributed by atoms with Crippen LogP contribution in [-0.4, -0.2) is 18.4 Å². The number of benzene rings is 2. The van der Waals surface area contributed by atoms with Crippen LogP contribution >= 0.6 is 0 Å². The van der Waals surface area contributed by atoms with Crippen molar-refractivity contribution in [3.05, 3.63) is 59.7 Å². The van der Waals surface area contributed by atoms with Gasteiger partial charge in [-0.2, -0.15) is 0 Å². The van der Waals surface area contributed by atoms with E-state index in [-0.39, 0.29) is 23.8 Å². The summed E-state index contributed by atoms with van der Waals surface area (Å²) in [4.78, 5) is 24.1. The molecule has 2 atom stereocenters. The molecule has 0 bridgehead atoms. The van der Waals surface area contributed by atoms with Gasteiger partial charge in [-0.15, -0.1) is 0 Å². The van der Waals surface area contributed by atoms with E-state index in [1.54, 1.807) is 0 Å². The maximum absolute atomic E-state index is 12.8. The summed E-state index contributed by atoms with van der Waals surface area (Å²) in [6.07, 6.45) is 0. The van der Waals surface area contributed by atoms with Crippen LogP contribution < -0.4 is 21.5 Å². The molecule has 3 rings (SSSR count). The highest BCUT2D eigenvalue weighted by molar-refractivity contribution is 5.96. The number of hydrogen-bond acceptors (Lipinski definition) is 4. The van der Waals surface area contributed by atoms with E-state index in [1.165, 1.54) is 6.92 Å². The van der Waals surface area contributed by atoms with Gasteiger partial charge in [-0.05, 0) is 30.2 Å². The zero-order valence-corrected chi connectivity index (χ0v) is 14.3. The zero-order chi connectivity index (χ0) is 17.8. The Morgan fingerprint density at radius 1 is 1.00 bits per heavy atom. The lowest BCUT2D eigenvalue weighted by molar-refractivity contribution is -0.119. The molecule has 2 amide bonds. The summed E-state index contributed by atoms with van der Waals surface area (Å²) in [5.74, 6) is -0.430. The van der Waals surface area contributed by atoms with Crippen molar-refractivity contribution in [3.63, 3.8) is 0 Å². The maximum atomic E-state index is 12.8. The minimum absolute atomic E-state index is 0.0607. The smallest absolute Gasteiger partial charge is 0.230 e. The highest BCUT2D eigenvalue weighted by Gasteiger charge is 2.34. The molecule has 4 N–H and O–H groups in total. The highest BCUT2D eigenvalue weighted by atomic mass is 16.2. The first-order valence-corrected chi connectivity index (χ1v) is 8.27. The molecule has 2 aromatic rings. The van der Waals surface area contributed by atoms with Gasteiger partial charge in [0.2, 0.25) is 11.8 Å². The molecule has 1 saturated heterocycles. The molecular formula is C19H22N4O2. The second-order valence-corrected chi connectivity index (χ2v) is 6.17. The van der Waals surface area contributed by atoms with Gasteiger partial charge in [0, 0.05) is 24.8 Å². The van der Waals surface area contributed by atoms with Crippen molar-refractivity contribution in [2.75, 3.05) is 17.2 Å². The predicted molar refractivity (Wildman–Crippen MR) is 97.9 cm³/mol. The van der Waals surface area contributed by atoms with E-state index in [0.717, 1.165) is 11.1 Å². The van der Waals surface area contributed by atoms with Crippen LogP contribution in [0.2, 0.25) is 0 Å². The SMILES string of the molecule is CC(=O)Nc1cccc(NC(=O)C2CNNC2c2ccccc2)c1C. The number of anilines is 2. The monoisotopic (exact) mass is 338 g/mol. The fourth-order valence-corrected chi connectivity index (χ4v) is 3.04. The van der Waals surface area contributed by atoms with Crippen LogP contribution in [0.15, 0.2) is 48.5 Å². The Balaban J connectivity index is 1.77. The van der Waals surface area contributed by atoms with E-state index >= 15 is 0 Å². The molecule has 1 aliphatic rings. The zero-order valence-electron chi connectivity index (χ0n) is 14.3. The van der Waals surface area contributed by atoms with Crippen molar-refractivity contribution in [2.45, 2.75) is 19.9 Å². The van der Waals surface area contributed by atoms with E-state index in [0.29, 0.717) is 17.9 Å². The number of amides is 2. The lowest BCUT2D eigenvalue weighted by Gasteiger charge is -2.19. The topological polar surface area (TPSA) is 82.3 Å². The summed E-state index contributed by atoms with van der Waals surface area (Å²) in [7, 11) is 0. The second kappa shape index (κ2) is 7.46. The molecule has 130 valence electrons. The van der Waals surface area contributed by atoms with Crippen molar-refractivity contribution in [3.8, 4) is 0 Å². The van der Waals surface area contributed by atoms with Crippen molar-refractivity contribution >= 4 is 23.2 Å². The normalized spacial score (nSPS) is 19.4. The predicted octanol–water partition coefficient (Wildman–Crippen LogP) is 2.36. The van der Waals surface area contributed by atoms with Crippen LogP contribution in [0, 0.1) is 12.8 Å². The van der Waals surface area contributed by atoms with Crippen LogP contribution in [0.5, 0.6) is 0 Å². The first-order valence-electron chi connectivity index (χ1n) is 8.27. The Morgan fingerprint density at radius 3 is 2.36 bits per heavy atom. The third-order valence-corrected chi connectivity index (χ3v) is 4.38. The molecule has 6 heteroatoms. The fourth-order valence-electron chi connectivity index (χ4n) is 3.04. The minimum atomic E-state index is -0.230. The number of rotatable bonds is 4. The first-order chi connectivity index (χ1) is 12.1. The molecular weight excluding hydrogens is 316 g/mol. The van der Waals surface area contributed by atoms with Gasteiger partial charge in [-0.1, -0.05) is 36.4 Å². The number of hydrazine groups is 1. The van der Waals surface area contributed by atoms with Crippen LogP contribution in [0.25, 0.3) is 0 Å². The van der Waals surface area contributed by atoms with E-state index in [1.807, 2.05) is 55.5 Å². The molecule has 1 aliphatic heterocycles. The van der Waals surface area contributed by atoms with Crippen LogP contribution in [0.3, 0.4) is 0 Å². The molecule has 2 unspecified atom stereocenters. The van der Waals surface area contributed by atoms with E-state index < -0.39 is 0 Å². The van der Waals surface area contributed by atoms with Crippen LogP contribution in [0.4, 0.5) is 11.4 Å². The third-order valence-electron chi connectivity index (χ3n) is 4.38. The Hall–Kier alpha value is -2.70. The molecule has 0 aromatic heterocycles. The number of hydrogen-bond donors (Lipinski definition) is 4. The maximum Gasteiger partial charge on any atom is 0.230 e. The van der Waals surface area contributed by atoms with Gasteiger partial charge in [-0.25, -0.2) is 5.43 Å². The van der Waals surface area contributed by atoms with Crippen molar-refractivity contribution in [1.29, 1.82) is 0 Å². The molecule has 0 radical (unpaired) electrons. The quantitative estimate of drug-likeness (QED) is 0.690. The summed E-state index contributed by atoms with van der Waals surface area (Å²) in [6, 6.07) is 15.3. The highest BCUT2D eigenvalue weighted by Crippen LogP contribution is 2.28. The summed E-state index contributed by atoms with van der Waals surface area (Å²) < 4.78 is 0. The third kappa shape index (κ3) is 3.87. The van der Waals surface area contributed by atoms with Crippen molar-refractivity contribution in [2.24, 2.45) is 5.92 Å². The lowest BCUT2D eigenvalue weighted by atomic mass is 9.94. The van der Waals surface area contributed by atoms with Gasteiger partial charge >= 0.3 is 0 Å². The van der Waals surface area contributed by atoms with E-state index in [2.05, 4.69) is 21.5 Å². The van der Waals surface area contributed by atoms with Gasteiger partial charge in [0.1, 0.15) is 0 Å². The molecule has 0 saturated carbocycles. The number of carbonyl (C=O) groups is 2. The molecule has 2 aromatic carbocycles. The largest absolute Gasteiger partial charge is 0.326 e. The van der Waals surface area contributed by atoms with E-state index in [4.69, 9.17) is 0 Å². The summed E-state index contributed by atoms with van der Waals surface area (Å²) >= 11 is 0. The van der Waals surface area contributed by atoms with Gasteiger partial charge in [0.25, 0.3) is 0 Å². The van der Waals surface area contributed by atoms with Crippen LogP contribution in [-0.2, 0) is 9.59 Å². The number of nitrogens with one attached hydrogen (secondary N) is 4. The average molecular weight is 338 g/mol. The molecule has 1 fully saturated rings. The van der Waals surface area contributed by atoms with Gasteiger partial charge < -0.3 is 10.6 Å². The Labute approximate surface area is 147 Å². The summed E-state index contributed by atoms with van der Waals surface area (Å²) in [5.41, 5.74) is 9.55. The molecule has 1 heterocycles. The minimum Gasteiger partial charge on any atom is -0.326 e. The molecule has 6 nitrogen and oxygen atoms in total. The molecule has 0 aliphatic carbocycles. The van der Waals surface area contributed by atoms with Gasteiger partial charge in [-0.3, -0.25) is 15.0 Å². The summed E-state index contributed by atoms with van der Waals surface area (Å²) in [6.45, 7) is 3.89. The first kappa shape index (κ1) is 17.1. The second-order valence-electron chi connectivity index (χ2n) is 6.17. The van der Waals surface area contributed by atoms with Gasteiger partial charge in [0.05, 0.1) is 12.0 Å². The summed E-state index contributed by atoms with van der Waals surface area (Å²) in [5, 5.41) is 5.77. The lowest BCUT2D eigenvalue weighted by Crippen LogP contribution is -2.30. The van der Waals surface area contributed by atoms with Crippen LogP contribution in [0.1, 0.15) is 24.1 Å². The molecule has 0 spiro atoms. The Bertz CT molecular complexity index is 776. The Morgan fingerprint density at radius 2 is 1.68 bits per heavy atom.